The fourth-order valence-corrected chi connectivity index (χ4v) is 5.59. The van der Waals surface area contributed by atoms with E-state index >= 15 is 0 Å². The molecule has 1 amide bonds. The summed E-state index contributed by atoms with van der Waals surface area (Å²) in [5.41, 5.74) is 1.07. The molecule has 2 aromatic rings. The Kier molecular flexibility index (Phi) is 6.63. The molecule has 0 saturated carbocycles. The molecule has 0 radical (unpaired) electrons. The number of thiophene rings is 1. The predicted molar refractivity (Wildman–Crippen MR) is 114 cm³/mol. The van der Waals surface area contributed by atoms with Gasteiger partial charge in [0.1, 0.15) is 4.83 Å². The largest absolute Gasteiger partial charge is 0.339 e. The first-order chi connectivity index (χ1) is 12.9. The summed E-state index contributed by atoms with van der Waals surface area (Å²) in [5, 5.41) is 1.43. The monoisotopic (exact) mass is 407 g/mol. The molecule has 148 valence electrons. The van der Waals surface area contributed by atoms with Crippen LogP contribution in [0.3, 0.4) is 0 Å². The summed E-state index contributed by atoms with van der Waals surface area (Å²) in [6.07, 6.45) is 5.31. The van der Waals surface area contributed by atoms with Gasteiger partial charge >= 0.3 is 0 Å². The van der Waals surface area contributed by atoms with Gasteiger partial charge in [-0.05, 0) is 52.0 Å². The van der Waals surface area contributed by atoms with Crippen LogP contribution in [-0.4, -0.2) is 38.7 Å². The first kappa shape index (κ1) is 20.4. The van der Waals surface area contributed by atoms with E-state index in [2.05, 4.69) is 13.8 Å². The molecular weight excluding hydrogens is 378 g/mol. The molecule has 0 bridgehead atoms. The lowest BCUT2D eigenvalue weighted by Gasteiger charge is -2.33. The molecule has 1 atom stereocenters. The normalized spacial score (nSPS) is 17.6. The maximum atomic E-state index is 13.1. The molecule has 0 spiro atoms. The smallest absolute Gasteiger partial charge is 0.263 e. The van der Waals surface area contributed by atoms with E-state index in [0.717, 1.165) is 52.9 Å². The van der Waals surface area contributed by atoms with Crippen LogP contribution in [0.1, 0.15) is 56.4 Å². The van der Waals surface area contributed by atoms with Gasteiger partial charge in [-0.2, -0.15) is 0 Å². The first-order valence-electron chi connectivity index (χ1n) is 9.86. The third-order valence-corrected chi connectivity index (χ3v) is 7.50. The average Bonchev–Trinajstić information content (AvgIpc) is 2.93. The van der Waals surface area contributed by atoms with Crippen molar-refractivity contribution in [2.24, 2.45) is 0 Å². The molecule has 3 rings (SSSR count). The number of thioether (sulfide) groups is 1. The highest BCUT2D eigenvalue weighted by Crippen LogP contribution is 2.29. The summed E-state index contributed by atoms with van der Waals surface area (Å²) in [7, 11) is 0. The Bertz CT molecular complexity index is 887. The Morgan fingerprint density at radius 2 is 2.11 bits per heavy atom. The number of piperidine rings is 1. The zero-order valence-electron chi connectivity index (χ0n) is 16.7. The van der Waals surface area contributed by atoms with Crippen LogP contribution in [0.25, 0.3) is 10.2 Å². The summed E-state index contributed by atoms with van der Waals surface area (Å²) in [4.78, 5) is 34.5. The van der Waals surface area contributed by atoms with Gasteiger partial charge in [0.25, 0.3) is 5.56 Å². The molecule has 1 aliphatic rings. The zero-order chi connectivity index (χ0) is 19.6. The van der Waals surface area contributed by atoms with E-state index < -0.39 is 0 Å². The molecule has 5 nitrogen and oxygen atoms in total. The second-order valence-electron chi connectivity index (χ2n) is 7.39. The van der Waals surface area contributed by atoms with Crippen LogP contribution in [0.5, 0.6) is 0 Å². The Labute approximate surface area is 169 Å². The summed E-state index contributed by atoms with van der Waals surface area (Å²) >= 11 is 2.98. The van der Waals surface area contributed by atoms with E-state index in [0.29, 0.717) is 23.5 Å². The molecule has 27 heavy (non-hydrogen) atoms. The lowest BCUT2D eigenvalue weighted by Crippen LogP contribution is -2.43. The van der Waals surface area contributed by atoms with E-state index in [9.17, 15) is 9.59 Å². The van der Waals surface area contributed by atoms with Gasteiger partial charge in [0.05, 0.1) is 11.1 Å². The number of amides is 1. The number of unbranched alkanes of at least 4 members (excludes halogenated alkanes) is 1. The molecule has 1 fully saturated rings. The minimum atomic E-state index is 0.0385. The third-order valence-electron chi connectivity index (χ3n) is 5.44. The molecule has 7 heteroatoms. The maximum absolute atomic E-state index is 13.1. The maximum Gasteiger partial charge on any atom is 0.263 e. The van der Waals surface area contributed by atoms with Crippen LogP contribution in [0.4, 0.5) is 0 Å². The SMILES string of the molecule is CCCCn1c(SCC(=O)N2CCCCC2C)nc2sc(C)c(C)c2c1=O. The van der Waals surface area contributed by atoms with E-state index in [1.165, 1.54) is 18.2 Å². The summed E-state index contributed by atoms with van der Waals surface area (Å²) < 4.78 is 1.78. The molecule has 2 aromatic heterocycles. The lowest BCUT2D eigenvalue weighted by molar-refractivity contribution is -0.131. The van der Waals surface area contributed by atoms with Crippen LogP contribution >= 0.6 is 23.1 Å². The highest BCUT2D eigenvalue weighted by atomic mass is 32.2. The van der Waals surface area contributed by atoms with Crippen molar-refractivity contribution < 1.29 is 4.79 Å². The number of rotatable bonds is 6. The van der Waals surface area contributed by atoms with Gasteiger partial charge in [0.15, 0.2) is 5.16 Å². The van der Waals surface area contributed by atoms with Gasteiger partial charge in [-0.25, -0.2) is 4.98 Å². The topological polar surface area (TPSA) is 55.2 Å². The van der Waals surface area contributed by atoms with Crippen LogP contribution in [0.2, 0.25) is 0 Å². The van der Waals surface area contributed by atoms with Crippen LogP contribution < -0.4 is 5.56 Å². The van der Waals surface area contributed by atoms with Crippen molar-refractivity contribution >= 4 is 39.2 Å². The first-order valence-corrected chi connectivity index (χ1v) is 11.7. The minimum Gasteiger partial charge on any atom is -0.339 e. The summed E-state index contributed by atoms with van der Waals surface area (Å²) in [6, 6.07) is 0.312. The Hall–Kier alpha value is -1.34. The van der Waals surface area contributed by atoms with Crippen LogP contribution in [0.15, 0.2) is 9.95 Å². The molecule has 1 saturated heterocycles. The zero-order valence-corrected chi connectivity index (χ0v) is 18.3. The van der Waals surface area contributed by atoms with Gasteiger partial charge in [0, 0.05) is 24.0 Å². The average molecular weight is 408 g/mol. The predicted octanol–water partition coefficient (Wildman–Crippen LogP) is 4.37. The number of aryl methyl sites for hydroxylation is 2. The van der Waals surface area contributed by atoms with Crippen molar-refractivity contribution in [3.05, 3.63) is 20.8 Å². The van der Waals surface area contributed by atoms with Gasteiger partial charge in [-0.15, -0.1) is 11.3 Å². The number of nitrogens with zero attached hydrogens (tertiary/aromatic N) is 3. The number of hydrogen-bond donors (Lipinski definition) is 0. The quantitative estimate of drug-likeness (QED) is 0.527. The standard InChI is InChI=1S/C20H29N3O2S2/c1-5-6-10-23-19(25)17-14(3)15(4)27-18(17)21-20(23)26-12-16(24)22-11-8-7-9-13(22)2/h13H,5-12H2,1-4H3. The number of fused-ring (bicyclic) bond motifs is 1. The summed E-state index contributed by atoms with van der Waals surface area (Å²) in [6.45, 7) is 9.77. The molecule has 3 heterocycles. The molecule has 0 aliphatic carbocycles. The molecule has 0 N–H and O–H groups in total. The van der Waals surface area contributed by atoms with E-state index in [4.69, 9.17) is 4.98 Å². The van der Waals surface area contributed by atoms with Crippen molar-refractivity contribution in [1.29, 1.82) is 0 Å². The van der Waals surface area contributed by atoms with Gasteiger partial charge < -0.3 is 4.90 Å². The molecule has 0 aromatic carbocycles. The highest BCUT2D eigenvalue weighted by molar-refractivity contribution is 7.99. The van der Waals surface area contributed by atoms with Crippen molar-refractivity contribution in [3.63, 3.8) is 0 Å². The number of hydrogen-bond acceptors (Lipinski definition) is 5. The Morgan fingerprint density at radius 3 is 2.81 bits per heavy atom. The minimum absolute atomic E-state index is 0.0385. The van der Waals surface area contributed by atoms with E-state index in [-0.39, 0.29) is 11.5 Å². The number of carbonyl (C=O) groups excluding carboxylic acids is 1. The van der Waals surface area contributed by atoms with Crippen LogP contribution in [-0.2, 0) is 11.3 Å². The number of likely N-dealkylation sites (tertiary alicyclic amines) is 1. The third kappa shape index (κ3) is 4.24. The van der Waals surface area contributed by atoms with Gasteiger partial charge in [0.2, 0.25) is 5.91 Å². The van der Waals surface area contributed by atoms with Crippen LogP contribution in [0, 0.1) is 13.8 Å². The second-order valence-corrected chi connectivity index (χ2v) is 9.53. The van der Waals surface area contributed by atoms with Crippen molar-refractivity contribution in [2.75, 3.05) is 12.3 Å². The molecule has 1 aliphatic heterocycles. The lowest BCUT2D eigenvalue weighted by atomic mass is 10.0. The van der Waals surface area contributed by atoms with Gasteiger partial charge in [-0.3, -0.25) is 14.2 Å². The number of carbonyl (C=O) groups is 1. The molecular formula is C20H29N3O2S2. The number of aromatic nitrogens is 2. The fourth-order valence-electron chi connectivity index (χ4n) is 3.61. The van der Waals surface area contributed by atoms with E-state index in [1.807, 2.05) is 18.7 Å². The van der Waals surface area contributed by atoms with Gasteiger partial charge in [-0.1, -0.05) is 25.1 Å². The van der Waals surface area contributed by atoms with Crippen molar-refractivity contribution in [1.82, 2.24) is 14.5 Å². The van der Waals surface area contributed by atoms with E-state index in [1.54, 1.807) is 15.9 Å². The Balaban J connectivity index is 1.88. The molecule has 1 unspecified atom stereocenters. The van der Waals surface area contributed by atoms with Crippen molar-refractivity contribution in [2.45, 2.75) is 77.5 Å². The van der Waals surface area contributed by atoms with Crippen molar-refractivity contribution in [3.8, 4) is 0 Å². The highest BCUT2D eigenvalue weighted by Gasteiger charge is 2.24. The fraction of sp³-hybridized carbons (Fsp3) is 0.650. The Morgan fingerprint density at radius 1 is 1.33 bits per heavy atom. The second kappa shape index (κ2) is 8.78. The summed E-state index contributed by atoms with van der Waals surface area (Å²) in [5.74, 6) is 0.500.